The molecule has 5 nitrogen and oxygen atoms in total. The molecular weight excluding hydrogens is 220 g/mol. The summed E-state index contributed by atoms with van der Waals surface area (Å²) in [7, 11) is 0. The summed E-state index contributed by atoms with van der Waals surface area (Å²) < 4.78 is 0. The van der Waals surface area contributed by atoms with Gasteiger partial charge in [0.1, 0.15) is 0 Å². The Bertz CT molecular complexity index is 306. The number of amides is 1. The predicted octanol–water partition coefficient (Wildman–Crippen LogP) is 0.873. The van der Waals surface area contributed by atoms with Gasteiger partial charge in [0.2, 0.25) is 5.91 Å². The van der Waals surface area contributed by atoms with Crippen LogP contribution >= 0.6 is 0 Å². The maximum atomic E-state index is 11.7. The second kappa shape index (κ2) is 5.49. The Morgan fingerprint density at radius 3 is 2.71 bits per heavy atom. The summed E-state index contributed by atoms with van der Waals surface area (Å²) in [6, 6.07) is -0.853. The number of carbonyl (C=O) groups excluding carboxylic acids is 1. The molecule has 0 aromatic carbocycles. The first kappa shape index (κ1) is 14.0. The van der Waals surface area contributed by atoms with Crippen molar-refractivity contribution in [2.75, 3.05) is 0 Å². The Kier molecular flexibility index (Phi) is 4.51. The van der Waals surface area contributed by atoms with Gasteiger partial charge >= 0.3 is 5.97 Å². The lowest BCUT2D eigenvalue weighted by Gasteiger charge is -2.38. The number of aliphatic carboxylic acids is 1. The summed E-state index contributed by atoms with van der Waals surface area (Å²) in [6.45, 7) is 3.54. The molecule has 1 aliphatic carbocycles. The first-order chi connectivity index (χ1) is 7.91. The van der Waals surface area contributed by atoms with Crippen molar-refractivity contribution >= 4 is 11.9 Å². The van der Waals surface area contributed by atoms with Gasteiger partial charge in [-0.2, -0.15) is 0 Å². The third kappa shape index (κ3) is 2.97. The minimum absolute atomic E-state index is 0.244. The van der Waals surface area contributed by atoms with Gasteiger partial charge in [-0.3, -0.25) is 9.59 Å². The van der Waals surface area contributed by atoms with E-state index in [1.54, 1.807) is 6.92 Å². The molecule has 0 heterocycles. The summed E-state index contributed by atoms with van der Waals surface area (Å²) >= 11 is 0. The zero-order chi connectivity index (χ0) is 13.1. The third-order valence-electron chi connectivity index (χ3n) is 3.79. The molecule has 98 valence electrons. The van der Waals surface area contributed by atoms with Gasteiger partial charge in [-0.1, -0.05) is 19.8 Å². The lowest BCUT2D eigenvalue weighted by molar-refractivity contribution is -0.152. The highest BCUT2D eigenvalue weighted by atomic mass is 16.4. The second-order valence-electron chi connectivity index (χ2n) is 5.04. The van der Waals surface area contributed by atoms with E-state index in [1.807, 2.05) is 6.92 Å². The first-order valence-electron chi connectivity index (χ1n) is 6.21. The lowest BCUT2D eigenvalue weighted by Crippen LogP contribution is -2.55. The number of nitrogens with two attached hydrogens (primary N) is 1. The Labute approximate surface area is 102 Å². The van der Waals surface area contributed by atoms with Crippen LogP contribution in [0, 0.1) is 5.41 Å². The molecule has 4 N–H and O–H groups in total. The molecule has 1 rings (SSSR count). The van der Waals surface area contributed by atoms with E-state index in [-0.39, 0.29) is 11.9 Å². The number of carbonyl (C=O) groups is 2. The van der Waals surface area contributed by atoms with Crippen LogP contribution in [0.25, 0.3) is 0 Å². The first-order valence-corrected chi connectivity index (χ1v) is 6.21. The molecule has 0 spiro atoms. The molecule has 3 atom stereocenters. The van der Waals surface area contributed by atoms with Crippen LogP contribution < -0.4 is 11.1 Å². The van der Waals surface area contributed by atoms with Crippen molar-refractivity contribution in [3.63, 3.8) is 0 Å². The summed E-state index contributed by atoms with van der Waals surface area (Å²) in [6.07, 6.45) is 3.73. The van der Waals surface area contributed by atoms with E-state index in [1.165, 1.54) is 0 Å². The molecule has 0 radical (unpaired) electrons. The van der Waals surface area contributed by atoms with Crippen LogP contribution in [0.15, 0.2) is 0 Å². The van der Waals surface area contributed by atoms with Crippen LogP contribution in [0.1, 0.15) is 46.0 Å². The van der Waals surface area contributed by atoms with Gasteiger partial charge in [-0.05, 0) is 26.2 Å². The van der Waals surface area contributed by atoms with Gasteiger partial charge in [0.25, 0.3) is 0 Å². The highest BCUT2D eigenvalue weighted by Crippen LogP contribution is 2.36. The van der Waals surface area contributed by atoms with E-state index in [9.17, 15) is 14.7 Å². The summed E-state index contributed by atoms with van der Waals surface area (Å²) in [5.41, 5.74) is 4.78. The van der Waals surface area contributed by atoms with Gasteiger partial charge in [0, 0.05) is 6.04 Å². The van der Waals surface area contributed by atoms with Crippen LogP contribution in [0.4, 0.5) is 0 Å². The minimum Gasteiger partial charge on any atom is -0.481 e. The molecule has 1 saturated carbocycles. The molecule has 2 unspecified atom stereocenters. The van der Waals surface area contributed by atoms with Crippen molar-refractivity contribution in [1.29, 1.82) is 0 Å². The standard InChI is InChI=1S/C12H22N2O3/c1-3-8(13)10(15)14-9-6-4-5-7-12(9,2)11(16)17/h8-9H,3-7,13H2,1-2H3,(H,14,15)(H,16,17)/t8-,9?,12?/m1/s1. The van der Waals surface area contributed by atoms with Crippen LogP contribution in [0.5, 0.6) is 0 Å². The molecule has 1 amide bonds. The molecule has 0 saturated heterocycles. The summed E-state index contributed by atoms with van der Waals surface area (Å²) in [4.78, 5) is 23.0. The SMILES string of the molecule is CC[C@@H](N)C(=O)NC1CCCCC1(C)C(=O)O. The maximum absolute atomic E-state index is 11.7. The highest BCUT2D eigenvalue weighted by molar-refractivity contribution is 5.83. The van der Waals surface area contributed by atoms with Crippen LogP contribution in [0.3, 0.4) is 0 Å². The quantitative estimate of drug-likeness (QED) is 0.682. The number of carboxylic acids is 1. The van der Waals surface area contributed by atoms with Gasteiger partial charge < -0.3 is 16.2 Å². The summed E-state index contributed by atoms with van der Waals surface area (Å²) in [5, 5.41) is 12.1. The van der Waals surface area contributed by atoms with E-state index >= 15 is 0 Å². The van der Waals surface area contributed by atoms with Gasteiger partial charge in [-0.25, -0.2) is 0 Å². The van der Waals surface area contributed by atoms with Crippen molar-refractivity contribution in [2.24, 2.45) is 11.1 Å². The normalized spacial score (nSPS) is 30.6. The number of hydrogen-bond donors (Lipinski definition) is 3. The average molecular weight is 242 g/mol. The third-order valence-corrected chi connectivity index (χ3v) is 3.79. The summed E-state index contributed by atoms with van der Waals surface area (Å²) in [5.74, 6) is -1.08. The highest BCUT2D eigenvalue weighted by Gasteiger charge is 2.44. The van der Waals surface area contributed by atoms with Crippen molar-refractivity contribution in [3.05, 3.63) is 0 Å². The Hall–Kier alpha value is -1.10. The monoisotopic (exact) mass is 242 g/mol. The molecular formula is C12H22N2O3. The average Bonchev–Trinajstić information content (AvgIpc) is 2.30. The van der Waals surface area contributed by atoms with E-state index < -0.39 is 17.4 Å². The number of rotatable bonds is 4. The molecule has 5 heteroatoms. The van der Waals surface area contributed by atoms with E-state index in [2.05, 4.69) is 5.32 Å². The molecule has 0 aromatic rings. The largest absolute Gasteiger partial charge is 0.481 e. The van der Waals surface area contributed by atoms with Crippen molar-refractivity contribution in [3.8, 4) is 0 Å². The number of hydrogen-bond acceptors (Lipinski definition) is 3. The molecule has 1 aliphatic rings. The van der Waals surface area contributed by atoms with Crippen molar-refractivity contribution in [2.45, 2.75) is 58.0 Å². The van der Waals surface area contributed by atoms with E-state index in [4.69, 9.17) is 5.73 Å². The van der Waals surface area contributed by atoms with Crippen LogP contribution in [-0.4, -0.2) is 29.1 Å². The fourth-order valence-corrected chi connectivity index (χ4v) is 2.29. The maximum Gasteiger partial charge on any atom is 0.311 e. The molecule has 0 aromatic heterocycles. The lowest BCUT2D eigenvalue weighted by atomic mass is 9.71. The zero-order valence-corrected chi connectivity index (χ0v) is 10.5. The van der Waals surface area contributed by atoms with E-state index in [0.717, 1.165) is 12.8 Å². The van der Waals surface area contributed by atoms with Crippen molar-refractivity contribution < 1.29 is 14.7 Å². The smallest absolute Gasteiger partial charge is 0.311 e. The minimum atomic E-state index is -0.860. The topological polar surface area (TPSA) is 92.4 Å². The van der Waals surface area contributed by atoms with Gasteiger partial charge in [0.05, 0.1) is 11.5 Å². The molecule has 0 aliphatic heterocycles. The predicted molar refractivity (Wildman–Crippen MR) is 64.4 cm³/mol. The zero-order valence-electron chi connectivity index (χ0n) is 10.5. The fourth-order valence-electron chi connectivity index (χ4n) is 2.29. The van der Waals surface area contributed by atoms with Gasteiger partial charge in [0.15, 0.2) is 0 Å². The van der Waals surface area contributed by atoms with Crippen LogP contribution in [0.2, 0.25) is 0 Å². The Morgan fingerprint density at radius 1 is 1.53 bits per heavy atom. The van der Waals surface area contributed by atoms with E-state index in [0.29, 0.717) is 19.3 Å². The van der Waals surface area contributed by atoms with Crippen molar-refractivity contribution in [1.82, 2.24) is 5.32 Å². The molecule has 0 bridgehead atoms. The second-order valence-corrected chi connectivity index (χ2v) is 5.04. The fraction of sp³-hybridized carbons (Fsp3) is 0.833. The number of carboxylic acid groups (broad SMARTS) is 1. The molecule has 17 heavy (non-hydrogen) atoms. The molecule has 1 fully saturated rings. The Balaban J connectivity index is 2.73. The number of nitrogens with one attached hydrogen (secondary N) is 1. The Morgan fingerprint density at radius 2 is 2.18 bits per heavy atom. The van der Waals surface area contributed by atoms with Gasteiger partial charge in [-0.15, -0.1) is 0 Å². The van der Waals surface area contributed by atoms with Crippen LogP contribution in [-0.2, 0) is 9.59 Å².